The van der Waals surface area contributed by atoms with E-state index >= 15 is 0 Å². The molecule has 5 rings (SSSR count). The molecule has 5 aromatic rings. The first-order valence-electron chi connectivity index (χ1n) is 9.36. The topological polar surface area (TPSA) is 117 Å². The van der Waals surface area contributed by atoms with Crippen LogP contribution in [0.3, 0.4) is 0 Å². The van der Waals surface area contributed by atoms with Crippen LogP contribution in [0, 0.1) is 6.92 Å². The number of ether oxygens (including phenoxy) is 1. The minimum absolute atomic E-state index is 0.179. The summed E-state index contributed by atoms with van der Waals surface area (Å²) in [5.41, 5.74) is 2.45. The maximum absolute atomic E-state index is 13.1. The number of thiophene rings is 1. The van der Waals surface area contributed by atoms with E-state index in [4.69, 9.17) is 13.8 Å². The molecular weight excluding hydrogens is 418 g/mol. The summed E-state index contributed by atoms with van der Waals surface area (Å²) >= 11 is 1.51. The van der Waals surface area contributed by atoms with Crippen LogP contribution in [0.15, 0.2) is 57.2 Å². The van der Waals surface area contributed by atoms with Crippen molar-refractivity contribution in [3.05, 3.63) is 65.3 Å². The molecule has 0 radical (unpaired) electrons. The molecule has 0 aromatic carbocycles. The van der Waals surface area contributed by atoms with Gasteiger partial charge in [0.15, 0.2) is 6.10 Å². The number of rotatable bonds is 5. The summed E-state index contributed by atoms with van der Waals surface area (Å²) < 4.78 is 16.2. The zero-order valence-corrected chi connectivity index (χ0v) is 17.3. The molecule has 10 heteroatoms. The second kappa shape index (κ2) is 7.73. The molecule has 5 heterocycles. The van der Waals surface area contributed by atoms with E-state index < -0.39 is 12.1 Å². The van der Waals surface area contributed by atoms with Crippen molar-refractivity contribution in [3.8, 4) is 22.0 Å². The molecule has 9 nitrogen and oxygen atoms in total. The molecule has 1 unspecified atom stereocenters. The van der Waals surface area contributed by atoms with Gasteiger partial charge in [-0.1, -0.05) is 16.4 Å². The van der Waals surface area contributed by atoms with Crippen LogP contribution in [0.1, 0.15) is 35.0 Å². The SMILES string of the molecule is Cc1noc2nc(-c3cccs3)cc(C(=O)OC(C)c3nc(-c4cccnc4)no3)c12. The summed E-state index contributed by atoms with van der Waals surface area (Å²) in [6.07, 6.45) is 2.51. The molecule has 0 bridgehead atoms. The lowest BCUT2D eigenvalue weighted by molar-refractivity contribution is 0.0267. The number of carbonyl (C=O) groups is 1. The molecule has 0 aliphatic heterocycles. The van der Waals surface area contributed by atoms with Gasteiger partial charge in [0, 0.05) is 18.0 Å². The zero-order chi connectivity index (χ0) is 21.4. The molecular formula is C21H15N5O4S. The van der Waals surface area contributed by atoms with E-state index in [-0.39, 0.29) is 11.6 Å². The summed E-state index contributed by atoms with van der Waals surface area (Å²) in [6.45, 7) is 3.41. The maximum atomic E-state index is 13.1. The fourth-order valence-corrected chi connectivity index (χ4v) is 3.78. The number of hydrogen-bond acceptors (Lipinski definition) is 10. The van der Waals surface area contributed by atoms with Crippen molar-refractivity contribution in [1.82, 2.24) is 25.3 Å². The quantitative estimate of drug-likeness (QED) is 0.366. The highest BCUT2D eigenvalue weighted by Crippen LogP contribution is 2.31. The Balaban J connectivity index is 1.45. The maximum Gasteiger partial charge on any atom is 0.339 e. The lowest BCUT2D eigenvalue weighted by Gasteiger charge is -2.10. The summed E-state index contributed by atoms with van der Waals surface area (Å²) in [7, 11) is 0. The number of aryl methyl sites for hydroxylation is 1. The monoisotopic (exact) mass is 433 g/mol. The molecule has 31 heavy (non-hydrogen) atoms. The van der Waals surface area contributed by atoms with Crippen LogP contribution in [-0.2, 0) is 4.74 Å². The van der Waals surface area contributed by atoms with Crippen LogP contribution in [0.5, 0.6) is 0 Å². The Kier molecular flexibility index (Phi) is 4.75. The van der Waals surface area contributed by atoms with Crippen molar-refractivity contribution in [2.45, 2.75) is 20.0 Å². The molecule has 0 amide bonds. The van der Waals surface area contributed by atoms with Crippen LogP contribution >= 0.6 is 11.3 Å². The number of pyridine rings is 2. The smallest absolute Gasteiger partial charge is 0.339 e. The predicted octanol–water partition coefficient (Wildman–Crippen LogP) is 4.62. The number of aromatic nitrogens is 5. The lowest BCUT2D eigenvalue weighted by Crippen LogP contribution is -2.11. The summed E-state index contributed by atoms with van der Waals surface area (Å²) in [6, 6.07) is 9.09. The van der Waals surface area contributed by atoms with E-state index in [0.29, 0.717) is 33.7 Å². The van der Waals surface area contributed by atoms with Gasteiger partial charge in [-0.05, 0) is 43.5 Å². The first kappa shape index (κ1) is 19.1. The van der Waals surface area contributed by atoms with E-state index in [1.807, 2.05) is 23.6 Å². The molecule has 0 spiro atoms. The highest BCUT2D eigenvalue weighted by Gasteiger charge is 2.25. The molecule has 0 saturated carbocycles. The minimum atomic E-state index is -0.765. The van der Waals surface area contributed by atoms with Gasteiger partial charge in [0.05, 0.1) is 27.2 Å². The highest BCUT2D eigenvalue weighted by molar-refractivity contribution is 7.13. The Labute approximate surface area is 179 Å². The van der Waals surface area contributed by atoms with E-state index in [1.165, 1.54) is 11.3 Å². The van der Waals surface area contributed by atoms with Crippen LogP contribution < -0.4 is 0 Å². The van der Waals surface area contributed by atoms with Crippen molar-refractivity contribution in [1.29, 1.82) is 0 Å². The number of nitrogens with zero attached hydrogens (tertiary/aromatic N) is 5. The van der Waals surface area contributed by atoms with E-state index in [0.717, 1.165) is 4.88 Å². The van der Waals surface area contributed by atoms with Crippen LogP contribution in [0.2, 0.25) is 0 Å². The molecule has 0 N–H and O–H groups in total. The second-order valence-electron chi connectivity index (χ2n) is 6.73. The molecule has 0 aliphatic rings. The lowest BCUT2D eigenvalue weighted by atomic mass is 10.1. The molecule has 0 aliphatic carbocycles. The Morgan fingerprint density at radius 2 is 2.06 bits per heavy atom. The molecule has 0 saturated heterocycles. The van der Waals surface area contributed by atoms with Gasteiger partial charge in [0.25, 0.3) is 11.6 Å². The van der Waals surface area contributed by atoms with Crippen molar-refractivity contribution in [2.24, 2.45) is 0 Å². The second-order valence-corrected chi connectivity index (χ2v) is 7.67. The zero-order valence-electron chi connectivity index (χ0n) is 16.5. The summed E-state index contributed by atoms with van der Waals surface area (Å²) in [5, 5.41) is 10.3. The standard InChI is InChI=1S/C21H15N5O4S/c1-11-17-14(9-15(16-6-4-8-31-16)23-20(17)30-25-11)21(27)28-12(2)19-24-18(26-29-19)13-5-3-7-22-10-13/h3-10,12H,1-2H3. The van der Waals surface area contributed by atoms with Gasteiger partial charge >= 0.3 is 5.97 Å². The fourth-order valence-electron chi connectivity index (χ4n) is 3.09. The highest BCUT2D eigenvalue weighted by atomic mass is 32.1. The van der Waals surface area contributed by atoms with Crippen LogP contribution in [-0.4, -0.2) is 31.2 Å². The van der Waals surface area contributed by atoms with E-state index in [9.17, 15) is 4.79 Å². The number of hydrogen-bond donors (Lipinski definition) is 0. The third-order valence-electron chi connectivity index (χ3n) is 4.60. The first-order chi connectivity index (χ1) is 15.1. The summed E-state index contributed by atoms with van der Waals surface area (Å²) in [4.78, 5) is 26.8. The van der Waals surface area contributed by atoms with Crippen molar-refractivity contribution < 1.29 is 18.6 Å². The molecule has 1 atom stereocenters. The van der Waals surface area contributed by atoms with Crippen molar-refractivity contribution in [2.75, 3.05) is 0 Å². The van der Waals surface area contributed by atoms with Gasteiger partial charge in [0.2, 0.25) is 5.82 Å². The van der Waals surface area contributed by atoms with Gasteiger partial charge in [0.1, 0.15) is 0 Å². The van der Waals surface area contributed by atoms with Gasteiger partial charge in [-0.2, -0.15) is 4.98 Å². The normalized spacial score (nSPS) is 12.2. The average Bonchev–Trinajstić information content (AvgIpc) is 3.55. The van der Waals surface area contributed by atoms with E-state index in [2.05, 4.69) is 25.3 Å². The van der Waals surface area contributed by atoms with Crippen LogP contribution in [0.4, 0.5) is 0 Å². The number of esters is 1. The third-order valence-corrected chi connectivity index (χ3v) is 5.50. The van der Waals surface area contributed by atoms with Gasteiger partial charge in [-0.3, -0.25) is 4.98 Å². The molecule has 154 valence electrons. The van der Waals surface area contributed by atoms with Gasteiger partial charge in [-0.15, -0.1) is 11.3 Å². The first-order valence-corrected chi connectivity index (χ1v) is 10.2. The van der Waals surface area contributed by atoms with Gasteiger partial charge < -0.3 is 13.8 Å². The Bertz CT molecular complexity index is 1360. The number of fused-ring (bicyclic) bond motifs is 1. The Morgan fingerprint density at radius 3 is 2.84 bits per heavy atom. The largest absolute Gasteiger partial charge is 0.449 e. The van der Waals surface area contributed by atoms with Gasteiger partial charge in [-0.25, -0.2) is 9.78 Å². The van der Waals surface area contributed by atoms with Crippen molar-refractivity contribution >= 4 is 28.4 Å². The van der Waals surface area contributed by atoms with E-state index in [1.54, 1.807) is 38.4 Å². The number of carbonyl (C=O) groups excluding carboxylic acids is 1. The molecule has 5 aromatic heterocycles. The third kappa shape index (κ3) is 3.57. The predicted molar refractivity (Wildman–Crippen MR) is 111 cm³/mol. The Morgan fingerprint density at radius 1 is 1.16 bits per heavy atom. The summed E-state index contributed by atoms with van der Waals surface area (Å²) in [5.74, 6) is -0.0182. The minimum Gasteiger partial charge on any atom is -0.449 e. The van der Waals surface area contributed by atoms with Crippen LogP contribution in [0.25, 0.3) is 33.1 Å². The molecule has 0 fully saturated rings. The average molecular weight is 433 g/mol. The Hall–Kier alpha value is -3.92. The fraction of sp³-hybridized carbons (Fsp3) is 0.143. The van der Waals surface area contributed by atoms with Crippen molar-refractivity contribution in [3.63, 3.8) is 0 Å².